The predicted molar refractivity (Wildman–Crippen MR) is 131 cm³/mol. The molecule has 0 bridgehead atoms. The number of nitrogens with zero attached hydrogens (tertiary/aromatic N) is 6. The molecule has 0 unspecified atom stereocenters. The van der Waals surface area contributed by atoms with Crippen LogP contribution in [0, 0.1) is 24.0 Å². The van der Waals surface area contributed by atoms with Gasteiger partial charge in [-0.25, -0.2) is 9.97 Å². The van der Waals surface area contributed by atoms with Gasteiger partial charge < -0.3 is 19.4 Å². The Morgan fingerprint density at radius 1 is 1.00 bits per heavy atom. The van der Waals surface area contributed by atoms with E-state index < -0.39 is 4.92 Å². The smallest absolute Gasteiger partial charge is 0.269 e. The van der Waals surface area contributed by atoms with E-state index >= 15 is 0 Å². The van der Waals surface area contributed by atoms with E-state index in [0.717, 1.165) is 40.4 Å². The minimum Gasteiger partial charge on any atom is -0.378 e. The van der Waals surface area contributed by atoms with Crippen molar-refractivity contribution in [1.29, 1.82) is 0 Å². The Kier molecular flexibility index (Phi) is 6.05. The molecule has 2 fully saturated rings. The van der Waals surface area contributed by atoms with Crippen molar-refractivity contribution in [3.8, 4) is 0 Å². The number of morpholine rings is 1. The van der Waals surface area contributed by atoms with Crippen molar-refractivity contribution in [3.05, 3.63) is 50.6 Å². The van der Waals surface area contributed by atoms with Crippen LogP contribution < -0.4 is 9.80 Å². The van der Waals surface area contributed by atoms with E-state index in [0.29, 0.717) is 50.1 Å². The number of anilines is 2. The van der Waals surface area contributed by atoms with Crippen molar-refractivity contribution in [2.24, 2.45) is 0 Å². The number of benzene rings is 1. The van der Waals surface area contributed by atoms with Crippen molar-refractivity contribution in [2.45, 2.75) is 13.8 Å². The Bertz CT molecular complexity index is 1230. The molecule has 1 aromatic carbocycles. The van der Waals surface area contributed by atoms with Gasteiger partial charge in [0, 0.05) is 57.1 Å². The lowest BCUT2D eigenvalue weighted by Crippen LogP contribution is -2.48. The zero-order chi connectivity index (χ0) is 23.8. The maximum absolute atomic E-state index is 13.5. The highest BCUT2D eigenvalue weighted by Crippen LogP contribution is 2.36. The molecule has 0 radical (unpaired) electrons. The van der Waals surface area contributed by atoms with Crippen molar-refractivity contribution >= 4 is 44.7 Å². The zero-order valence-electron chi connectivity index (χ0n) is 19.2. The number of piperazine rings is 1. The normalized spacial score (nSPS) is 16.8. The van der Waals surface area contributed by atoms with Crippen LogP contribution in [-0.2, 0) is 4.74 Å². The molecular weight excluding hydrogens is 456 g/mol. The van der Waals surface area contributed by atoms with Crippen molar-refractivity contribution in [1.82, 2.24) is 14.9 Å². The highest BCUT2D eigenvalue weighted by atomic mass is 32.1. The van der Waals surface area contributed by atoms with Crippen LogP contribution in [0.5, 0.6) is 0 Å². The Hall–Kier alpha value is -3.31. The average Bonchev–Trinajstić information content (AvgIpc) is 3.19. The Morgan fingerprint density at radius 2 is 1.68 bits per heavy atom. The summed E-state index contributed by atoms with van der Waals surface area (Å²) in [5.74, 6) is 1.61. The van der Waals surface area contributed by atoms with Gasteiger partial charge >= 0.3 is 0 Å². The summed E-state index contributed by atoms with van der Waals surface area (Å²) >= 11 is 1.44. The fraction of sp³-hybridized carbons (Fsp3) is 0.435. The quantitative estimate of drug-likeness (QED) is 0.413. The van der Waals surface area contributed by atoms with Crippen LogP contribution in [0.25, 0.3) is 10.2 Å². The second-order valence-corrected chi connectivity index (χ2v) is 9.48. The molecule has 5 rings (SSSR count). The number of hydrogen-bond acceptors (Lipinski definition) is 9. The van der Waals surface area contributed by atoms with Gasteiger partial charge in [-0.05, 0) is 31.5 Å². The Morgan fingerprint density at radius 3 is 2.32 bits per heavy atom. The molecule has 0 spiro atoms. The molecule has 0 atom stereocenters. The predicted octanol–water partition coefficient (Wildman–Crippen LogP) is 3.02. The summed E-state index contributed by atoms with van der Waals surface area (Å²) in [5.41, 5.74) is 1.94. The third-order valence-corrected chi connectivity index (χ3v) is 7.55. The van der Waals surface area contributed by atoms with E-state index in [1.54, 1.807) is 12.1 Å². The van der Waals surface area contributed by atoms with Gasteiger partial charge in [0.15, 0.2) is 0 Å². The second-order valence-electron chi connectivity index (χ2n) is 8.48. The molecule has 2 saturated heterocycles. The molecule has 178 valence electrons. The second kappa shape index (κ2) is 9.15. The van der Waals surface area contributed by atoms with Gasteiger partial charge in [0.2, 0.25) is 0 Å². The number of aromatic nitrogens is 2. The number of nitro benzene ring substituents is 1. The van der Waals surface area contributed by atoms with Crippen LogP contribution in [0.2, 0.25) is 0 Å². The number of thiophene rings is 1. The molecule has 34 heavy (non-hydrogen) atoms. The van der Waals surface area contributed by atoms with E-state index in [1.807, 2.05) is 18.7 Å². The van der Waals surface area contributed by atoms with Gasteiger partial charge in [0.05, 0.1) is 28.4 Å². The number of carbonyl (C=O) groups excluding carboxylic acids is 1. The summed E-state index contributed by atoms with van der Waals surface area (Å²) < 4.78 is 5.50. The number of non-ortho nitro benzene ring substituents is 1. The summed E-state index contributed by atoms with van der Waals surface area (Å²) in [7, 11) is 0. The minimum atomic E-state index is -0.399. The summed E-state index contributed by atoms with van der Waals surface area (Å²) in [4.78, 5) is 41.2. The third-order valence-electron chi connectivity index (χ3n) is 6.38. The highest BCUT2D eigenvalue weighted by molar-refractivity contribution is 7.20. The monoisotopic (exact) mass is 482 g/mol. The maximum atomic E-state index is 13.5. The molecular formula is C23H26N6O4S. The summed E-state index contributed by atoms with van der Waals surface area (Å²) in [6, 6.07) is 6.56. The lowest BCUT2D eigenvalue weighted by atomic mass is 10.1. The fourth-order valence-corrected chi connectivity index (χ4v) is 5.72. The molecule has 0 aliphatic carbocycles. The molecule has 2 aliphatic rings. The largest absolute Gasteiger partial charge is 0.378 e. The van der Waals surface area contributed by atoms with E-state index in [1.165, 1.54) is 23.5 Å². The van der Waals surface area contributed by atoms with Gasteiger partial charge in [0.1, 0.15) is 16.5 Å². The molecule has 11 heteroatoms. The fourth-order valence-electron chi connectivity index (χ4n) is 4.53. The Labute approximate surface area is 200 Å². The number of fused-ring (bicyclic) bond motifs is 1. The maximum Gasteiger partial charge on any atom is 0.269 e. The van der Waals surface area contributed by atoms with Crippen LogP contribution in [0.4, 0.5) is 17.2 Å². The minimum absolute atomic E-state index is 0.0226. The summed E-state index contributed by atoms with van der Waals surface area (Å²) in [6.45, 7) is 9.27. The Balaban J connectivity index is 1.35. The number of amides is 1. The van der Waals surface area contributed by atoms with Crippen molar-refractivity contribution < 1.29 is 14.5 Å². The first-order valence-electron chi connectivity index (χ1n) is 11.3. The van der Waals surface area contributed by atoms with Gasteiger partial charge in [-0.15, -0.1) is 11.3 Å². The molecule has 2 aromatic heterocycles. The number of carbonyl (C=O) groups is 1. The van der Waals surface area contributed by atoms with Crippen LogP contribution in [-0.4, -0.2) is 78.2 Å². The lowest BCUT2D eigenvalue weighted by molar-refractivity contribution is -0.384. The van der Waals surface area contributed by atoms with Crippen LogP contribution in [0.15, 0.2) is 24.3 Å². The third kappa shape index (κ3) is 4.16. The first-order valence-corrected chi connectivity index (χ1v) is 12.1. The topological polar surface area (TPSA) is 105 Å². The number of rotatable bonds is 4. The molecule has 0 saturated carbocycles. The molecule has 3 aromatic rings. The van der Waals surface area contributed by atoms with Crippen LogP contribution in [0.1, 0.15) is 21.1 Å². The number of nitro groups is 1. The summed E-state index contributed by atoms with van der Waals surface area (Å²) in [6.07, 6.45) is 0. The highest BCUT2D eigenvalue weighted by Gasteiger charge is 2.28. The van der Waals surface area contributed by atoms with E-state index in [2.05, 4.69) is 14.8 Å². The molecule has 2 aliphatic heterocycles. The number of hydrogen-bond donors (Lipinski definition) is 0. The van der Waals surface area contributed by atoms with Crippen molar-refractivity contribution in [2.75, 3.05) is 62.3 Å². The van der Waals surface area contributed by atoms with Crippen LogP contribution >= 0.6 is 11.3 Å². The van der Waals surface area contributed by atoms with E-state index in [9.17, 15) is 14.9 Å². The number of aryl methyl sites for hydroxylation is 2. The first kappa shape index (κ1) is 22.5. The van der Waals surface area contributed by atoms with Gasteiger partial charge in [-0.3, -0.25) is 14.9 Å². The summed E-state index contributed by atoms with van der Waals surface area (Å²) in [5, 5.41) is 11.9. The standard InChI is InChI=1S/C23H26N6O4S/c1-15-19-21(27-11-13-33-14-12-27)24-16(2)25-22(19)34-20(15)23(30)28-9-7-26(8-10-28)17-3-5-18(6-4-17)29(31)32/h3-6H,7-14H2,1-2H3. The van der Waals surface area contributed by atoms with E-state index in [4.69, 9.17) is 9.72 Å². The van der Waals surface area contributed by atoms with Crippen LogP contribution in [0.3, 0.4) is 0 Å². The first-order chi connectivity index (χ1) is 16.4. The zero-order valence-corrected chi connectivity index (χ0v) is 20.0. The van der Waals surface area contributed by atoms with Gasteiger partial charge in [-0.2, -0.15) is 0 Å². The molecule has 4 heterocycles. The SMILES string of the molecule is Cc1nc(N2CCOCC2)c2c(C)c(C(=O)N3CCN(c4ccc([N+](=O)[O-])cc4)CC3)sc2n1. The van der Waals surface area contributed by atoms with Gasteiger partial charge in [-0.1, -0.05) is 0 Å². The molecule has 10 nitrogen and oxygen atoms in total. The molecule has 1 amide bonds. The van der Waals surface area contributed by atoms with Gasteiger partial charge in [0.25, 0.3) is 11.6 Å². The average molecular weight is 483 g/mol. The molecule has 0 N–H and O–H groups in total. The van der Waals surface area contributed by atoms with Crippen molar-refractivity contribution in [3.63, 3.8) is 0 Å². The lowest BCUT2D eigenvalue weighted by Gasteiger charge is -2.36. The van der Waals surface area contributed by atoms with E-state index in [-0.39, 0.29) is 11.6 Å². The number of ether oxygens (including phenoxy) is 1.